The van der Waals surface area contributed by atoms with Crippen molar-refractivity contribution in [3.8, 4) is 34.1 Å². The standard InChI is InChI=1S/C20H12FNO2/c21-20-11-17(15-5-8-18(9-6-15)24-13-23)7-10-19(20)16-3-1-14(12-22)2-4-16/h1-11,13H. The summed E-state index contributed by atoms with van der Waals surface area (Å²) in [5.41, 5.74) is 3.27. The van der Waals surface area contributed by atoms with Crippen molar-refractivity contribution in [2.24, 2.45) is 0 Å². The Bertz CT molecular complexity index is 910. The van der Waals surface area contributed by atoms with Gasteiger partial charge in [0, 0.05) is 5.56 Å². The van der Waals surface area contributed by atoms with Crippen molar-refractivity contribution in [2.45, 2.75) is 0 Å². The van der Waals surface area contributed by atoms with E-state index in [-0.39, 0.29) is 5.82 Å². The molecule has 0 amide bonds. The third-order valence-electron chi connectivity index (χ3n) is 3.67. The van der Waals surface area contributed by atoms with Gasteiger partial charge in [0.15, 0.2) is 0 Å². The predicted molar refractivity (Wildman–Crippen MR) is 88.7 cm³/mol. The number of benzene rings is 3. The number of nitriles is 1. The smallest absolute Gasteiger partial charge is 0.298 e. The summed E-state index contributed by atoms with van der Waals surface area (Å²) in [5, 5.41) is 8.82. The number of halogens is 1. The van der Waals surface area contributed by atoms with Crippen LogP contribution in [-0.2, 0) is 4.79 Å². The zero-order chi connectivity index (χ0) is 16.9. The number of ether oxygens (including phenoxy) is 1. The number of hydrogen-bond acceptors (Lipinski definition) is 3. The molecule has 0 saturated carbocycles. The molecule has 0 fully saturated rings. The second-order valence-corrected chi connectivity index (χ2v) is 5.12. The van der Waals surface area contributed by atoms with Crippen LogP contribution in [0.15, 0.2) is 66.7 Å². The van der Waals surface area contributed by atoms with Crippen molar-refractivity contribution in [1.29, 1.82) is 5.26 Å². The SMILES string of the molecule is N#Cc1ccc(-c2ccc(-c3ccc(OC=O)cc3)cc2F)cc1. The lowest BCUT2D eigenvalue weighted by atomic mass is 9.99. The number of carbonyl (C=O) groups is 1. The first-order chi connectivity index (χ1) is 11.7. The Morgan fingerprint density at radius 3 is 2.08 bits per heavy atom. The van der Waals surface area contributed by atoms with Crippen LogP contribution in [0.3, 0.4) is 0 Å². The van der Waals surface area contributed by atoms with Gasteiger partial charge in [-0.3, -0.25) is 4.79 Å². The third-order valence-corrected chi connectivity index (χ3v) is 3.67. The topological polar surface area (TPSA) is 50.1 Å². The Morgan fingerprint density at radius 2 is 1.50 bits per heavy atom. The largest absolute Gasteiger partial charge is 0.429 e. The van der Waals surface area contributed by atoms with Crippen molar-refractivity contribution in [2.75, 3.05) is 0 Å². The molecule has 0 aliphatic carbocycles. The van der Waals surface area contributed by atoms with Gasteiger partial charge >= 0.3 is 0 Å². The van der Waals surface area contributed by atoms with Gasteiger partial charge in [-0.25, -0.2) is 4.39 Å². The Kier molecular flexibility index (Phi) is 4.35. The number of nitrogens with zero attached hydrogens (tertiary/aromatic N) is 1. The molecule has 0 saturated heterocycles. The van der Waals surface area contributed by atoms with E-state index in [4.69, 9.17) is 10.00 Å². The molecule has 0 N–H and O–H groups in total. The first-order valence-electron chi connectivity index (χ1n) is 7.22. The first kappa shape index (κ1) is 15.4. The van der Waals surface area contributed by atoms with Crippen molar-refractivity contribution in [3.63, 3.8) is 0 Å². The van der Waals surface area contributed by atoms with Gasteiger partial charge in [-0.1, -0.05) is 36.4 Å². The molecule has 3 rings (SSSR count). The maximum atomic E-state index is 14.5. The highest BCUT2D eigenvalue weighted by Crippen LogP contribution is 2.29. The molecular weight excluding hydrogens is 305 g/mol. The van der Waals surface area contributed by atoms with Gasteiger partial charge in [0.1, 0.15) is 11.6 Å². The van der Waals surface area contributed by atoms with E-state index in [0.29, 0.717) is 28.9 Å². The van der Waals surface area contributed by atoms with Crippen LogP contribution in [0.4, 0.5) is 4.39 Å². The van der Waals surface area contributed by atoms with E-state index < -0.39 is 0 Å². The highest BCUT2D eigenvalue weighted by atomic mass is 19.1. The second kappa shape index (κ2) is 6.76. The summed E-state index contributed by atoms with van der Waals surface area (Å²) in [4.78, 5) is 10.3. The molecule has 0 bridgehead atoms. The normalized spacial score (nSPS) is 10.0. The lowest BCUT2D eigenvalue weighted by Crippen LogP contribution is -1.89. The number of rotatable bonds is 4. The van der Waals surface area contributed by atoms with Gasteiger partial charge in [0.25, 0.3) is 6.47 Å². The minimum absolute atomic E-state index is 0.342. The predicted octanol–water partition coefficient (Wildman–Crippen LogP) is 4.57. The van der Waals surface area contributed by atoms with Crippen molar-refractivity contribution in [3.05, 3.63) is 78.1 Å². The fraction of sp³-hybridized carbons (Fsp3) is 0. The molecule has 0 heterocycles. The summed E-state index contributed by atoms with van der Waals surface area (Å²) in [6.45, 7) is 0.362. The minimum Gasteiger partial charge on any atom is -0.429 e. The Labute approximate surface area is 138 Å². The molecule has 3 aromatic rings. The molecule has 0 unspecified atom stereocenters. The highest BCUT2D eigenvalue weighted by Gasteiger charge is 2.08. The fourth-order valence-electron chi connectivity index (χ4n) is 2.43. The summed E-state index contributed by atoms with van der Waals surface area (Å²) >= 11 is 0. The summed E-state index contributed by atoms with van der Waals surface area (Å²) in [7, 11) is 0. The highest BCUT2D eigenvalue weighted by molar-refractivity contribution is 5.71. The van der Waals surface area contributed by atoms with E-state index in [2.05, 4.69) is 0 Å². The molecule has 3 aromatic carbocycles. The molecule has 0 aliphatic rings. The third kappa shape index (κ3) is 3.16. The van der Waals surface area contributed by atoms with Crippen molar-refractivity contribution < 1.29 is 13.9 Å². The van der Waals surface area contributed by atoms with Crippen LogP contribution in [0.25, 0.3) is 22.3 Å². The second-order valence-electron chi connectivity index (χ2n) is 5.12. The molecule has 0 radical (unpaired) electrons. The summed E-state index contributed by atoms with van der Waals surface area (Å²) < 4.78 is 19.2. The van der Waals surface area contributed by atoms with E-state index in [9.17, 15) is 9.18 Å². The van der Waals surface area contributed by atoms with E-state index in [1.807, 2.05) is 12.1 Å². The van der Waals surface area contributed by atoms with Gasteiger partial charge in [0.2, 0.25) is 0 Å². The van der Waals surface area contributed by atoms with Crippen LogP contribution in [0, 0.1) is 17.1 Å². The maximum Gasteiger partial charge on any atom is 0.298 e. The van der Waals surface area contributed by atoms with Crippen molar-refractivity contribution >= 4 is 6.47 Å². The fourth-order valence-corrected chi connectivity index (χ4v) is 2.43. The van der Waals surface area contributed by atoms with E-state index in [1.54, 1.807) is 54.6 Å². The van der Waals surface area contributed by atoms with Gasteiger partial charge in [-0.05, 0) is 47.0 Å². The monoisotopic (exact) mass is 317 g/mol. The molecular formula is C20H12FNO2. The molecule has 0 atom stereocenters. The van der Waals surface area contributed by atoms with Gasteiger partial charge in [0.05, 0.1) is 11.6 Å². The zero-order valence-corrected chi connectivity index (χ0v) is 12.6. The molecule has 0 aromatic heterocycles. The molecule has 24 heavy (non-hydrogen) atoms. The Morgan fingerprint density at radius 1 is 0.875 bits per heavy atom. The molecule has 3 nitrogen and oxygen atoms in total. The lowest BCUT2D eigenvalue weighted by molar-refractivity contribution is -0.120. The van der Waals surface area contributed by atoms with Gasteiger partial charge in [-0.2, -0.15) is 5.26 Å². The Hall–Kier alpha value is -3.45. The molecule has 116 valence electrons. The zero-order valence-electron chi connectivity index (χ0n) is 12.6. The lowest BCUT2D eigenvalue weighted by Gasteiger charge is -2.08. The molecule has 0 aliphatic heterocycles. The van der Waals surface area contributed by atoms with Crippen LogP contribution >= 0.6 is 0 Å². The summed E-state index contributed by atoms with van der Waals surface area (Å²) in [6.07, 6.45) is 0. The summed E-state index contributed by atoms with van der Waals surface area (Å²) in [6, 6.07) is 20.6. The quantitative estimate of drug-likeness (QED) is 0.662. The van der Waals surface area contributed by atoms with Crippen LogP contribution in [0.5, 0.6) is 5.75 Å². The van der Waals surface area contributed by atoms with Crippen LogP contribution < -0.4 is 4.74 Å². The average Bonchev–Trinajstić information content (AvgIpc) is 2.63. The van der Waals surface area contributed by atoms with Crippen molar-refractivity contribution in [1.82, 2.24) is 0 Å². The number of carbonyl (C=O) groups excluding carboxylic acids is 1. The number of hydrogen-bond donors (Lipinski definition) is 0. The summed E-state index contributed by atoms with van der Waals surface area (Å²) in [5.74, 6) is 0.0915. The molecule has 4 heteroatoms. The van der Waals surface area contributed by atoms with E-state index in [0.717, 1.165) is 11.1 Å². The van der Waals surface area contributed by atoms with Crippen LogP contribution in [0.1, 0.15) is 5.56 Å². The van der Waals surface area contributed by atoms with E-state index in [1.165, 1.54) is 6.07 Å². The van der Waals surface area contributed by atoms with Gasteiger partial charge in [-0.15, -0.1) is 0 Å². The molecule has 0 spiro atoms. The van der Waals surface area contributed by atoms with Gasteiger partial charge < -0.3 is 4.74 Å². The van der Waals surface area contributed by atoms with Crippen LogP contribution in [0.2, 0.25) is 0 Å². The minimum atomic E-state index is -0.342. The first-order valence-corrected chi connectivity index (χ1v) is 7.22. The Balaban J connectivity index is 1.91. The average molecular weight is 317 g/mol. The maximum absolute atomic E-state index is 14.5. The van der Waals surface area contributed by atoms with Crippen LogP contribution in [-0.4, -0.2) is 6.47 Å². The van der Waals surface area contributed by atoms with E-state index >= 15 is 0 Å².